The molecule has 1 fully saturated rings. The second-order valence-electron chi connectivity index (χ2n) is 6.67. The summed E-state index contributed by atoms with van der Waals surface area (Å²) in [7, 11) is 3.74. The molecular weight excluding hydrogens is 396 g/mol. The Hall–Kier alpha value is -1.60. The van der Waals surface area contributed by atoms with Gasteiger partial charge in [0.05, 0.1) is 6.54 Å². The van der Waals surface area contributed by atoms with Gasteiger partial charge in [-0.2, -0.15) is 0 Å². The van der Waals surface area contributed by atoms with E-state index in [0.717, 1.165) is 60.7 Å². The molecule has 0 atom stereocenters. The standard InChI is InChI=1S/C19H29BrN4O2/c1-14-4-5-16(20)12-17(14)23-18(25)13-22-19(21-2)24(3)9-6-15-7-10-26-11-8-15/h4-5,12,15H,6-11,13H2,1-3H3,(H,21,22)(H,23,25). The zero-order valence-corrected chi connectivity index (χ0v) is 17.4. The molecule has 0 radical (unpaired) electrons. The first-order chi connectivity index (χ1) is 12.5. The lowest BCUT2D eigenvalue weighted by Gasteiger charge is -2.26. The zero-order chi connectivity index (χ0) is 18.9. The number of guanidine groups is 1. The maximum atomic E-state index is 12.2. The normalized spacial score (nSPS) is 15.6. The van der Waals surface area contributed by atoms with E-state index in [1.165, 1.54) is 0 Å². The number of ether oxygens (including phenoxy) is 1. The Morgan fingerprint density at radius 3 is 2.81 bits per heavy atom. The van der Waals surface area contributed by atoms with Gasteiger partial charge in [0.2, 0.25) is 5.91 Å². The first kappa shape index (κ1) is 20.7. The van der Waals surface area contributed by atoms with Crippen molar-refractivity contribution < 1.29 is 9.53 Å². The Balaban J connectivity index is 1.77. The number of carbonyl (C=O) groups excluding carboxylic acids is 1. The van der Waals surface area contributed by atoms with E-state index in [2.05, 4.69) is 36.5 Å². The zero-order valence-electron chi connectivity index (χ0n) is 15.8. The number of amides is 1. The van der Waals surface area contributed by atoms with Gasteiger partial charge in [-0.15, -0.1) is 0 Å². The van der Waals surface area contributed by atoms with Gasteiger partial charge < -0.3 is 20.3 Å². The van der Waals surface area contributed by atoms with Crippen LogP contribution in [0.25, 0.3) is 0 Å². The maximum absolute atomic E-state index is 12.2. The molecule has 2 rings (SSSR count). The van der Waals surface area contributed by atoms with Gasteiger partial charge in [0.25, 0.3) is 0 Å². The number of hydrogen-bond donors (Lipinski definition) is 2. The first-order valence-electron chi connectivity index (χ1n) is 9.05. The summed E-state index contributed by atoms with van der Waals surface area (Å²) in [6.45, 7) is 4.81. The van der Waals surface area contributed by atoms with Crippen molar-refractivity contribution in [3.05, 3.63) is 28.2 Å². The Kier molecular flexibility index (Phi) is 8.38. The molecule has 0 aromatic heterocycles. The van der Waals surface area contributed by atoms with Crippen LogP contribution in [-0.4, -0.2) is 57.2 Å². The van der Waals surface area contributed by atoms with Gasteiger partial charge in [-0.3, -0.25) is 9.79 Å². The maximum Gasteiger partial charge on any atom is 0.243 e. The van der Waals surface area contributed by atoms with Crippen molar-refractivity contribution in [1.29, 1.82) is 0 Å². The Morgan fingerprint density at radius 2 is 2.12 bits per heavy atom. The molecular formula is C19H29BrN4O2. The van der Waals surface area contributed by atoms with Gasteiger partial charge in [-0.1, -0.05) is 22.0 Å². The van der Waals surface area contributed by atoms with E-state index in [9.17, 15) is 4.79 Å². The number of hydrogen-bond acceptors (Lipinski definition) is 3. The van der Waals surface area contributed by atoms with Crippen LogP contribution in [0.2, 0.25) is 0 Å². The Bertz CT molecular complexity index is 630. The van der Waals surface area contributed by atoms with Crippen molar-refractivity contribution in [2.75, 3.05) is 45.7 Å². The van der Waals surface area contributed by atoms with E-state index in [0.29, 0.717) is 5.92 Å². The minimum absolute atomic E-state index is 0.0924. The summed E-state index contributed by atoms with van der Waals surface area (Å²) in [6, 6.07) is 5.83. The molecule has 0 aliphatic carbocycles. The highest BCUT2D eigenvalue weighted by atomic mass is 79.9. The predicted octanol–water partition coefficient (Wildman–Crippen LogP) is 3.02. The molecule has 0 bridgehead atoms. The van der Waals surface area contributed by atoms with E-state index in [1.807, 2.05) is 32.2 Å². The fourth-order valence-corrected chi connectivity index (χ4v) is 3.35. The van der Waals surface area contributed by atoms with Crippen molar-refractivity contribution in [2.24, 2.45) is 10.9 Å². The summed E-state index contributed by atoms with van der Waals surface area (Å²) in [5, 5.41) is 6.07. The molecule has 0 spiro atoms. The molecule has 2 N–H and O–H groups in total. The summed E-state index contributed by atoms with van der Waals surface area (Å²) >= 11 is 3.43. The topological polar surface area (TPSA) is 66.0 Å². The third kappa shape index (κ3) is 6.61. The number of carbonyl (C=O) groups is 1. The number of nitrogens with zero attached hydrogens (tertiary/aromatic N) is 2. The fourth-order valence-electron chi connectivity index (χ4n) is 2.98. The summed E-state index contributed by atoms with van der Waals surface area (Å²) in [6.07, 6.45) is 3.38. The van der Waals surface area contributed by atoms with Crippen molar-refractivity contribution in [2.45, 2.75) is 26.2 Å². The third-order valence-electron chi connectivity index (χ3n) is 4.67. The van der Waals surface area contributed by atoms with Gasteiger partial charge in [-0.25, -0.2) is 0 Å². The number of nitrogens with one attached hydrogen (secondary N) is 2. The quantitative estimate of drug-likeness (QED) is 0.543. The minimum Gasteiger partial charge on any atom is -0.381 e. The van der Waals surface area contributed by atoms with Gasteiger partial charge in [0, 0.05) is 44.0 Å². The van der Waals surface area contributed by atoms with E-state index >= 15 is 0 Å². The molecule has 1 aliphatic heterocycles. The van der Waals surface area contributed by atoms with Crippen LogP contribution in [0.3, 0.4) is 0 Å². The minimum atomic E-state index is -0.0924. The lowest BCUT2D eigenvalue weighted by molar-refractivity contribution is -0.115. The van der Waals surface area contributed by atoms with E-state index in [4.69, 9.17) is 4.74 Å². The highest BCUT2D eigenvalue weighted by molar-refractivity contribution is 9.10. The lowest BCUT2D eigenvalue weighted by Crippen LogP contribution is -2.43. The molecule has 1 amide bonds. The van der Waals surface area contributed by atoms with Crippen LogP contribution in [-0.2, 0) is 9.53 Å². The molecule has 1 aliphatic rings. The molecule has 1 aromatic rings. The molecule has 26 heavy (non-hydrogen) atoms. The van der Waals surface area contributed by atoms with E-state index in [1.54, 1.807) is 7.05 Å². The first-order valence-corrected chi connectivity index (χ1v) is 9.84. The monoisotopic (exact) mass is 424 g/mol. The molecule has 0 unspecified atom stereocenters. The summed E-state index contributed by atoms with van der Waals surface area (Å²) < 4.78 is 6.35. The van der Waals surface area contributed by atoms with Crippen molar-refractivity contribution in [3.63, 3.8) is 0 Å². The largest absolute Gasteiger partial charge is 0.381 e. The number of rotatable bonds is 6. The second kappa shape index (κ2) is 10.5. The molecule has 1 aromatic carbocycles. The van der Waals surface area contributed by atoms with Gasteiger partial charge in [0.1, 0.15) is 0 Å². The average molecular weight is 425 g/mol. The van der Waals surface area contributed by atoms with Crippen molar-refractivity contribution in [3.8, 4) is 0 Å². The number of aryl methyl sites for hydroxylation is 1. The second-order valence-corrected chi connectivity index (χ2v) is 7.59. The van der Waals surface area contributed by atoms with Gasteiger partial charge in [0.15, 0.2) is 5.96 Å². The number of benzene rings is 1. The SMILES string of the molecule is CN=C(NCC(=O)Nc1cc(Br)ccc1C)N(C)CCC1CCOCC1. The van der Waals surface area contributed by atoms with Crippen molar-refractivity contribution >= 4 is 33.5 Å². The number of aliphatic imine (C=N–C) groups is 1. The van der Waals surface area contributed by atoms with Crippen LogP contribution < -0.4 is 10.6 Å². The van der Waals surface area contributed by atoms with Crippen LogP contribution in [0.15, 0.2) is 27.7 Å². The lowest BCUT2D eigenvalue weighted by atomic mass is 9.96. The Labute approximate surface area is 164 Å². The number of halogens is 1. The Morgan fingerprint density at radius 1 is 1.38 bits per heavy atom. The molecule has 0 saturated carbocycles. The molecule has 1 saturated heterocycles. The molecule has 7 heteroatoms. The van der Waals surface area contributed by atoms with Crippen LogP contribution in [0.5, 0.6) is 0 Å². The summed E-state index contributed by atoms with van der Waals surface area (Å²) in [5.74, 6) is 1.36. The molecule has 1 heterocycles. The molecule has 144 valence electrons. The van der Waals surface area contributed by atoms with Gasteiger partial charge >= 0.3 is 0 Å². The van der Waals surface area contributed by atoms with E-state index < -0.39 is 0 Å². The van der Waals surface area contributed by atoms with Crippen LogP contribution in [0.1, 0.15) is 24.8 Å². The third-order valence-corrected chi connectivity index (χ3v) is 5.16. The summed E-state index contributed by atoms with van der Waals surface area (Å²) in [5.41, 5.74) is 1.84. The average Bonchev–Trinajstić information content (AvgIpc) is 2.64. The van der Waals surface area contributed by atoms with Crippen molar-refractivity contribution in [1.82, 2.24) is 10.2 Å². The highest BCUT2D eigenvalue weighted by Crippen LogP contribution is 2.20. The van der Waals surface area contributed by atoms with Crippen LogP contribution in [0.4, 0.5) is 5.69 Å². The van der Waals surface area contributed by atoms with Crippen LogP contribution >= 0.6 is 15.9 Å². The molecule has 6 nitrogen and oxygen atoms in total. The fraction of sp³-hybridized carbons (Fsp3) is 0.579. The summed E-state index contributed by atoms with van der Waals surface area (Å²) in [4.78, 5) is 18.6. The van der Waals surface area contributed by atoms with Crippen LogP contribution in [0, 0.1) is 12.8 Å². The number of anilines is 1. The van der Waals surface area contributed by atoms with Gasteiger partial charge in [-0.05, 0) is 49.8 Å². The predicted molar refractivity (Wildman–Crippen MR) is 110 cm³/mol. The smallest absolute Gasteiger partial charge is 0.243 e. The highest BCUT2D eigenvalue weighted by Gasteiger charge is 2.16. The van der Waals surface area contributed by atoms with E-state index in [-0.39, 0.29) is 12.5 Å².